The molecule has 2 saturated heterocycles. The van der Waals surface area contributed by atoms with Crippen LogP contribution >= 0.6 is 0 Å². The SMILES string of the molecule is CC(C)C1CNCCN1CC1CCCS1(=O)=O. The van der Waals surface area contributed by atoms with E-state index >= 15 is 0 Å². The Morgan fingerprint density at radius 1 is 1.41 bits per heavy atom. The lowest BCUT2D eigenvalue weighted by atomic mass is 10.00. The molecular weight excluding hydrogens is 236 g/mol. The van der Waals surface area contributed by atoms with Crippen LogP contribution in [0.5, 0.6) is 0 Å². The van der Waals surface area contributed by atoms with Crippen molar-refractivity contribution in [2.75, 3.05) is 31.9 Å². The lowest BCUT2D eigenvalue weighted by Gasteiger charge is -2.39. The number of rotatable bonds is 3. The van der Waals surface area contributed by atoms with E-state index in [1.54, 1.807) is 0 Å². The Morgan fingerprint density at radius 3 is 2.76 bits per heavy atom. The zero-order valence-corrected chi connectivity index (χ0v) is 11.7. The van der Waals surface area contributed by atoms with Crippen LogP contribution in [0, 0.1) is 5.92 Å². The Morgan fingerprint density at radius 2 is 2.18 bits per heavy atom. The van der Waals surface area contributed by atoms with E-state index in [9.17, 15) is 8.42 Å². The standard InChI is InChI=1S/C12H24N2O2S/c1-10(2)12-8-13-5-6-14(12)9-11-4-3-7-17(11,15)16/h10-13H,3-9H2,1-2H3. The van der Waals surface area contributed by atoms with Crippen LogP contribution in [-0.2, 0) is 9.84 Å². The highest BCUT2D eigenvalue weighted by Gasteiger charge is 2.35. The van der Waals surface area contributed by atoms with Gasteiger partial charge in [0.2, 0.25) is 0 Å². The van der Waals surface area contributed by atoms with Crippen LogP contribution in [-0.4, -0.2) is 56.5 Å². The predicted octanol–water partition coefficient (Wildman–Crippen LogP) is 0.493. The quantitative estimate of drug-likeness (QED) is 0.802. The average molecular weight is 260 g/mol. The van der Waals surface area contributed by atoms with Gasteiger partial charge in [-0.25, -0.2) is 8.42 Å². The molecule has 0 aromatic carbocycles. The van der Waals surface area contributed by atoms with Crippen molar-refractivity contribution in [3.05, 3.63) is 0 Å². The average Bonchev–Trinajstić information content (AvgIpc) is 2.59. The van der Waals surface area contributed by atoms with Crippen LogP contribution in [0.25, 0.3) is 0 Å². The topological polar surface area (TPSA) is 49.4 Å². The van der Waals surface area contributed by atoms with E-state index in [0.717, 1.165) is 39.0 Å². The molecule has 2 fully saturated rings. The van der Waals surface area contributed by atoms with Gasteiger partial charge in [0, 0.05) is 32.2 Å². The molecule has 0 aromatic heterocycles. The molecule has 2 aliphatic rings. The van der Waals surface area contributed by atoms with Crippen molar-refractivity contribution in [2.24, 2.45) is 5.92 Å². The van der Waals surface area contributed by atoms with Gasteiger partial charge in [0.15, 0.2) is 9.84 Å². The maximum absolute atomic E-state index is 11.9. The minimum atomic E-state index is -2.80. The van der Waals surface area contributed by atoms with Crippen molar-refractivity contribution >= 4 is 9.84 Å². The van der Waals surface area contributed by atoms with Crippen LogP contribution in [0.1, 0.15) is 26.7 Å². The summed E-state index contributed by atoms with van der Waals surface area (Å²) in [5.41, 5.74) is 0. The zero-order chi connectivity index (χ0) is 12.5. The van der Waals surface area contributed by atoms with Crippen LogP contribution in [0.15, 0.2) is 0 Å². The van der Waals surface area contributed by atoms with Gasteiger partial charge in [-0.3, -0.25) is 4.90 Å². The molecular formula is C12H24N2O2S. The molecule has 1 N–H and O–H groups in total. The second kappa shape index (κ2) is 5.24. The first-order valence-corrected chi connectivity index (χ1v) is 8.38. The summed E-state index contributed by atoms with van der Waals surface area (Å²) in [4.78, 5) is 2.38. The molecule has 2 heterocycles. The summed E-state index contributed by atoms with van der Waals surface area (Å²) in [6.45, 7) is 8.13. The second-order valence-corrected chi connectivity index (χ2v) is 8.04. The van der Waals surface area contributed by atoms with Crippen LogP contribution in [0.4, 0.5) is 0 Å². The van der Waals surface area contributed by atoms with Gasteiger partial charge in [-0.2, -0.15) is 0 Å². The molecule has 2 unspecified atom stereocenters. The summed E-state index contributed by atoms with van der Waals surface area (Å²) in [6, 6.07) is 0.486. The molecule has 5 heteroatoms. The highest BCUT2D eigenvalue weighted by atomic mass is 32.2. The van der Waals surface area contributed by atoms with E-state index in [4.69, 9.17) is 0 Å². The first-order chi connectivity index (χ1) is 8.00. The maximum Gasteiger partial charge on any atom is 0.154 e. The number of sulfone groups is 1. The van der Waals surface area contributed by atoms with Crippen molar-refractivity contribution in [3.63, 3.8) is 0 Å². The predicted molar refractivity (Wildman–Crippen MR) is 69.9 cm³/mol. The Labute approximate surface area is 105 Å². The van der Waals surface area contributed by atoms with Gasteiger partial charge in [0.05, 0.1) is 11.0 Å². The smallest absolute Gasteiger partial charge is 0.154 e. The minimum absolute atomic E-state index is 0.109. The first-order valence-electron chi connectivity index (χ1n) is 6.67. The molecule has 17 heavy (non-hydrogen) atoms. The van der Waals surface area contributed by atoms with E-state index in [1.807, 2.05) is 0 Å². The van der Waals surface area contributed by atoms with Crippen LogP contribution in [0.3, 0.4) is 0 Å². The van der Waals surface area contributed by atoms with Gasteiger partial charge in [-0.05, 0) is 18.8 Å². The molecule has 2 aliphatic heterocycles. The van der Waals surface area contributed by atoms with Gasteiger partial charge in [0.25, 0.3) is 0 Å². The first kappa shape index (κ1) is 13.3. The molecule has 2 atom stereocenters. The highest BCUT2D eigenvalue weighted by molar-refractivity contribution is 7.92. The number of nitrogens with zero attached hydrogens (tertiary/aromatic N) is 1. The lowest BCUT2D eigenvalue weighted by molar-refractivity contribution is 0.124. The molecule has 0 radical (unpaired) electrons. The molecule has 0 bridgehead atoms. The van der Waals surface area contributed by atoms with Crippen LogP contribution in [0.2, 0.25) is 0 Å². The molecule has 2 rings (SSSR count). The fraction of sp³-hybridized carbons (Fsp3) is 1.00. The fourth-order valence-corrected chi connectivity index (χ4v) is 4.82. The molecule has 0 aromatic rings. The minimum Gasteiger partial charge on any atom is -0.314 e. The van der Waals surface area contributed by atoms with Gasteiger partial charge >= 0.3 is 0 Å². The normalized spacial score (nSPS) is 34.3. The van der Waals surface area contributed by atoms with Gasteiger partial charge in [0.1, 0.15) is 0 Å². The summed E-state index contributed by atoms with van der Waals surface area (Å²) in [7, 11) is -2.80. The Balaban J connectivity index is 2.01. The summed E-state index contributed by atoms with van der Waals surface area (Å²) in [5.74, 6) is 0.975. The molecule has 100 valence electrons. The van der Waals surface area contributed by atoms with Crippen molar-refractivity contribution in [1.29, 1.82) is 0 Å². The summed E-state index contributed by atoms with van der Waals surface area (Å²) in [6.07, 6.45) is 1.71. The number of hydrogen-bond donors (Lipinski definition) is 1. The molecule has 4 nitrogen and oxygen atoms in total. The van der Waals surface area contributed by atoms with Gasteiger partial charge in [-0.1, -0.05) is 13.8 Å². The zero-order valence-electron chi connectivity index (χ0n) is 10.9. The third-order valence-electron chi connectivity index (χ3n) is 4.07. The van der Waals surface area contributed by atoms with E-state index in [0.29, 0.717) is 17.7 Å². The Hall–Kier alpha value is -0.130. The Kier molecular flexibility index (Phi) is 4.10. The summed E-state index contributed by atoms with van der Waals surface area (Å²) >= 11 is 0. The van der Waals surface area contributed by atoms with Crippen molar-refractivity contribution in [2.45, 2.75) is 38.0 Å². The van der Waals surface area contributed by atoms with Gasteiger partial charge < -0.3 is 5.32 Å². The molecule has 0 spiro atoms. The van der Waals surface area contributed by atoms with E-state index < -0.39 is 9.84 Å². The number of hydrogen-bond acceptors (Lipinski definition) is 4. The van der Waals surface area contributed by atoms with Crippen molar-refractivity contribution in [3.8, 4) is 0 Å². The largest absolute Gasteiger partial charge is 0.314 e. The molecule has 0 amide bonds. The maximum atomic E-state index is 11.9. The van der Waals surface area contributed by atoms with E-state index in [1.165, 1.54) is 0 Å². The molecule has 0 aliphatic carbocycles. The van der Waals surface area contributed by atoms with E-state index in [2.05, 4.69) is 24.1 Å². The second-order valence-electron chi connectivity index (χ2n) is 5.64. The van der Waals surface area contributed by atoms with E-state index in [-0.39, 0.29) is 5.25 Å². The number of piperazine rings is 1. The Bertz CT molecular complexity index is 354. The molecule has 0 saturated carbocycles. The van der Waals surface area contributed by atoms with Crippen LogP contribution < -0.4 is 5.32 Å². The van der Waals surface area contributed by atoms with Crippen molar-refractivity contribution in [1.82, 2.24) is 10.2 Å². The highest BCUT2D eigenvalue weighted by Crippen LogP contribution is 2.23. The monoisotopic (exact) mass is 260 g/mol. The third-order valence-corrected chi connectivity index (χ3v) is 6.33. The lowest BCUT2D eigenvalue weighted by Crippen LogP contribution is -2.55. The van der Waals surface area contributed by atoms with Crippen molar-refractivity contribution < 1.29 is 8.42 Å². The third kappa shape index (κ3) is 3.01. The summed E-state index contributed by atoms with van der Waals surface area (Å²) < 4.78 is 23.7. The summed E-state index contributed by atoms with van der Waals surface area (Å²) in [5, 5.41) is 3.29. The van der Waals surface area contributed by atoms with Gasteiger partial charge in [-0.15, -0.1) is 0 Å². The fourth-order valence-electron chi connectivity index (χ4n) is 2.98. The number of nitrogens with one attached hydrogen (secondary N) is 1.